The molecule has 1 N–H and O–H groups in total. The van der Waals surface area contributed by atoms with E-state index >= 15 is 0 Å². The third-order valence-corrected chi connectivity index (χ3v) is 7.62. The van der Waals surface area contributed by atoms with Crippen LogP contribution in [0, 0.1) is 6.92 Å². The monoisotopic (exact) mass is 530 g/mol. The first-order valence-electron chi connectivity index (χ1n) is 13.4. The number of aliphatic hydroxyl groups excluding tert-OH is 1. The van der Waals surface area contributed by atoms with Crippen LogP contribution in [0.3, 0.4) is 0 Å². The van der Waals surface area contributed by atoms with E-state index in [1.54, 1.807) is 15.6 Å². The number of rotatable bonds is 4. The molecule has 6 heterocycles. The van der Waals surface area contributed by atoms with Gasteiger partial charge in [-0.25, -0.2) is 14.3 Å². The number of imidazole rings is 1. The maximum atomic E-state index is 9.96. The van der Waals surface area contributed by atoms with Gasteiger partial charge in [-0.15, -0.1) is 5.10 Å². The van der Waals surface area contributed by atoms with Crippen molar-refractivity contribution < 1.29 is 14.6 Å². The first-order valence-corrected chi connectivity index (χ1v) is 13.4. The zero-order valence-corrected chi connectivity index (χ0v) is 22.8. The Morgan fingerprint density at radius 3 is 2.85 bits per heavy atom. The molecule has 2 atom stereocenters. The van der Waals surface area contributed by atoms with Crippen molar-refractivity contribution in [2.45, 2.75) is 52.3 Å². The molecule has 0 aliphatic carbocycles. The minimum absolute atomic E-state index is 0.110. The number of hydrogen-bond acceptors (Lipinski definition) is 8. The van der Waals surface area contributed by atoms with Crippen LogP contribution in [0.2, 0.25) is 0 Å². The molecule has 6 rings (SSSR count). The summed E-state index contributed by atoms with van der Waals surface area (Å²) in [7, 11) is 1.91. The Morgan fingerprint density at radius 2 is 2.05 bits per heavy atom. The van der Waals surface area contributed by atoms with Gasteiger partial charge in [0.1, 0.15) is 11.9 Å². The number of hydrogen-bond donors (Lipinski definition) is 1. The van der Waals surface area contributed by atoms with Crippen LogP contribution in [0.25, 0.3) is 34.6 Å². The highest BCUT2D eigenvalue weighted by Crippen LogP contribution is 2.36. The Balaban J connectivity index is 1.58. The van der Waals surface area contributed by atoms with Gasteiger partial charge in [0.2, 0.25) is 11.8 Å². The largest absolute Gasteiger partial charge is 0.476 e. The second-order valence-corrected chi connectivity index (χ2v) is 10.1. The molecule has 204 valence electrons. The van der Waals surface area contributed by atoms with E-state index in [1.807, 2.05) is 49.8 Å². The van der Waals surface area contributed by atoms with Crippen LogP contribution < -0.4 is 9.47 Å². The second-order valence-electron chi connectivity index (χ2n) is 10.1. The third kappa shape index (κ3) is 4.31. The minimum Gasteiger partial charge on any atom is -0.476 e. The highest BCUT2D eigenvalue weighted by atomic mass is 16.5. The van der Waals surface area contributed by atoms with E-state index in [4.69, 9.17) is 19.6 Å². The molecule has 0 saturated carbocycles. The van der Waals surface area contributed by atoms with Crippen LogP contribution in [0.15, 0.2) is 25.2 Å². The summed E-state index contributed by atoms with van der Waals surface area (Å²) in [5.41, 5.74) is 5.61. The van der Waals surface area contributed by atoms with Gasteiger partial charge in [-0.1, -0.05) is 6.58 Å². The van der Waals surface area contributed by atoms with Crippen LogP contribution in [-0.2, 0) is 13.6 Å². The van der Waals surface area contributed by atoms with Crippen molar-refractivity contribution in [2.75, 3.05) is 19.8 Å². The molecule has 0 amide bonds. The van der Waals surface area contributed by atoms with E-state index in [-0.39, 0.29) is 18.8 Å². The number of fused-ring (bicyclic) bond motifs is 5. The molecule has 2 bridgehead atoms. The lowest BCUT2D eigenvalue weighted by Gasteiger charge is -2.30. The summed E-state index contributed by atoms with van der Waals surface area (Å²) in [6.07, 6.45) is 11.5. The van der Waals surface area contributed by atoms with Crippen LogP contribution in [0.5, 0.6) is 11.8 Å². The number of nitrogens with zero attached hydrogens (tertiary/aromatic N) is 8. The molecular weight excluding hydrogens is 496 g/mol. The van der Waals surface area contributed by atoms with Crippen LogP contribution in [-0.4, -0.2) is 75.8 Å². The molecule has 2 aliphatic heterocycles. The highest BCUT2D eigenvalue weighted by Gasteiger charge is 2.34. The van der Waals surface area contributed by atoms with Crippen LogP contribution >= 0.6 is 0 Å². The maximum Gasteiger partial charge on any atom is 0.240 e. The lowest BCUT2D eigenvalue weighted by atomic mass is 10.1. The quantitative estimate of drug-likeness (QED) is 0.428. The van der Waals surface area contributed by atoms with Crippen LogP contribution in [0.1, 0.15) is 49.5 Å². The number of aliphatic hydroxyl groups is 1. The lowest BCUT2D eigenvalue weighted by molar-refractivity contribution is 0.0928. The highest BCUT2D eigenvalue weighted by molar-refractivity contribution is 5.74. The Morgan fingerprint density at radius 1 is 1.23 bits per heavy atom. The predicted octanol–water partition coefficient (Wildman–Crippen LogP) is 3.41. The van der Waals surface area contributed by atoms with Gasteiger partial charge in [0.25, 0.3) is 0 Å². The summed E-state index contributed by atoms with van der Waals surface area (Å²) >= 11 is 0. The van der Waals surface area contributed by atoms with Crippen molar-refractivity contribution in [3.63, 3.8) is 0 Å². The van der Waals surface area contributed by atoms with Crippen molar-refractivity contribution in [3.8, 4) is 23.0 Å². The zero-order chi connectivity index (χ0) is 27.3. The third-order valence-electron chi connectivity index (χ3n) is 7.62. The molecule has 2 aliphatic rings. The molecule has 39 heavy (non-hydrogen) atoms. The van der Waals surface area contributed by atoms with E-state index in [1.165, 1.54) is 0 Å². The molecular formula is C28H34N8O3. The van der Waals surface area contributed by atoms with Crippen molar-refractivity contribution >= 4 is 23.4 Å². The second kappa shape index (κ2) is 9.97. The SMILES string of the molecule is C=C(CO)n1nc(OCC)c2c1CN1CCC[C@@H]1[C@H](C)Oc1c(c(C)nn1C)-c1cn3c(ncc3cn1)/C=C/2. The molecule has 0 spiro atoms. The van der Waals surface area contributed by atoms with E-state index in [9.17, 15) is 5.11 Å². The van der Waals surface area contributed by atoms with Crippen molar-refractivity contribution in [2.24, 2.45) is 7.05 Å². The van der Waals surface area contributed by atoms with Gasteiger partial charge in [-0.05, 0) is 52.3 Å². The maximum absolute atomic E-state index is 9.96. The van der Waals surface area contributed by atoms with E-state index in [0.29, 0.717) is 30.6 Å². The van der Waals surface area contributed by atoms with Crippen molar-refractivity contribution in [3.05, 3.63) is 47.9 Å². The molecule has 4 aromatic heterocycles. The first kappa shape index (κ1) is 25.3. The Hall–Kier alpha value is -3.96. The molecule has 11 heteroatoms. The van der Waals surface area contributed by atoms with Gasteiger partial charge in [0.05, 0.1) is 65.0 Å². The lowest BCUT2D eigenvalue weighted by Crippen LogP contribution is -2.40. The van der Waals surface area contributed by atoms with Gasteiger partial charge in [-0.3, -0.25) is 14.3 Å². The van der Waals surface area contributed by atoms with Crippen molar-refractivity contribution in [1.82, 2.24) is 38.8 Å². The first-order chi connectivity index (χ1) is 18.9. The van der Waals surface area contributed by atoms with Gasteiger partial charge in [0.15, 0.2) is 0 Å². The molecule has 1 saturated heterocycles. The molecule has 0 aromatic carbocycles. The number of aromatic nitrogens is 7. The Labute approximate surface area is 227 Å². The van der Waals surface area contributed by atoms with E-state index in [2.05, 4.69) is 28.5 Å². The fourth-order valence-electron chi connectivity index (χ4n) is 5.75. The fourth-order valence-corrected chi connectivity index (χ4v) is 5.75. The molecule has 0 radical (unpaired) electrons. The van der Waals surface area contributed by atoms with Gasteiger partial charge in [-0.2, -0.15) is 5.10 Å². The van der Waals surface area contributed by atoms with Crippen molar-refractivity contribution in [1.29, 1.82) is 0 Å². The van der Waals surface area contributed by atoms with Gasteiger partial charge in [0, 0.05) is 25.8 Å². The molecule has 4 aromatic rings. The number of ether oxygens (including phenoxy) is 2. The van der Waals surface area contributed by atoms with Gasteiger partial charge < -0.3 is 14.6 Å². The summed E-state index contributed by atoms with van der Waals surface area (Å²) in [5, 5.41) is 19.3. The predicted molar refractivity (Wildman–Crippen MR) is 148 cm³/mol. The van der Waals surface area contributed by atoms with E-state index in [0.717, 1.165) is 58.9 Å². The molecule has 1 fully saturated rings. The average Bonchev–Trinajstić information content (AvgIpc) is 3.68. The fraction of sp³-hybridized carbons (Fsp3) is 0.429. The normalized spacial score (nSPS) is 20.1. The topological polar surface area (TPSA) is 108 Å². The Kier molecular flexibility index (Phi) is 6.48. The summed E-state index contributed by atoms with van der Waals surface area (Å²) in [6.45, 7) is 11.9. The summed E-state index contributed by atoms with van der Waals surface area (Å²) in [4.78, 5) is 11.8. The smallest absolute Gasteiger partial charge is 0.240 e. The van der Waals surface area contributed by atoms with Gasteiger partial charge >= 0.3 is 0 Å². The van der Waals surface area contributed by atoms with Crippen LogP contribution in [0.4, 0.5) is 0 Å². The summed E-state index contributed by atoms with van der Waals surface area (Å²) < 4.78 is 18.2. The minimum atomic E-state index is -0.213. The summed E-state index contributed by atoms with van der Waals surface area (Å²) in [6, 6.07) is 0.169. The zero-order valence-electron chi connectivity index (χ0n) is 22.8. The molecule has 0 unspecified atom stereocenters. The summed E-state index contributed by atoms with van der Waals surface area (Å²) in [5.74, 6) is 1.94. The standard InChI is InChI=1S/C28H34N8O3/c1-6-38-27-21-9-10-25-30-13-20-12-29-22(14-35(20)25)26-18(3)31-33(5)28(26)39-19(4)23-8-7-11-34(23)15-24(21)36(32-27)17(2)16-37/h9-10,12-14,19,23,37H,2,6-8,11,15-16H2,1,3-5H3/b10-9+/t19-,23+/m0/s1. The number of aryl methyl sites for hydroxylation is 2. The Bertz CT molecular complexity index is 1580. The molecule has 11 nitrogen and oxygen atoms in total. The average molecular weight is 531 g/mol. The van der Waals surface area contributed by atoms with E-state index < -0.39 is 0 Å².